The van der Waals surface area contributed by atoms with Crippen molar-refractivity contribution in [3.63, 3.8) is 0 Å². The van der Waals surface area contributed by atoms with Crippen molar-refractivity contribution in [1.82, 2.24) is 29.7 Å². The molecule has 3 aromatic rings. The zero-order valence-electron chi connectivity index (χ0n) is 18.3. The van der Waals surface area contributed by atoms with Gasteiger partial charge in [0.2, 0.25) is 5.95 Å². The van der Waals surface area contributed by atoms with E-state index in [4.69, 9.17) is 36.3 Å². The summed E-state index contributed by atoms with van der Waals surface area (Å²) < 4.78 is 7.82. The average Bonchev–Trinajstić information content (AvgIpc) is 3.21. The second-order valence-electron chi connectivity index (χ2n) is 8.68. The fourth-order valence-electron chi connectivity index (χ4n) is 4.51. The monoisotopic (exact) mass is 441 g/mol. The van der Waals surface area contributed by atoms with Gasteiger partial charge in [-0.1, -0.05) is 0 Å². The number of anilines is 1. The van der Waals surface area contributed by atoms with Crippen LogP contribution in [0.5, 0.6) is 0 Å². The van der Waals surface area contributed by atoms with Crippen molar-refractivity contribution in [2.24, 2.45) is 7.05 Å². The normalized spacial score (nSPS) is 24.6. The molecule has 0 amide bonds. The number of fused-ring (bicyclic) bond motifs is 1. The summed E-state index contributed by atoms with van der Waals surface area (Å²) in [5, 5.41) is 4.55. The molecular formula is C22H28ClN7O. The second kappa shape index (κ2) is 8.31. The molecule has 0 unspecified atom stereocenters. The van der Waals surface area contributed by atoms with E-state index in [0.717, 1.165) is 60.4 Å². The Morgan fingerprint density at radius 2 is 1.81 bits per heavy atom. The standard InChI is InChI=1S/C22H28ClN7O/c1-13-14(2)26-21-20(25-13)19(15-4-6-17(23)7-5-15)27-22(28-21)30-8-9-31-18(12-30)16-10-24-29(3)11-16/h10-11,15,17-18H,4-9,12H2,1-3H3/t15-,17+,18-/m0/s1. The van der Waals surface area contributed by atoms with Crippen LogP contribution in [0.4, 0.5) is 5.95 Å². The summed E-state index contributed by atoms with van der Waals surface area (Å²) in [5.74, 6) is 1.05. The van der Waals surface area contributed by atoms with Crippen molar-refractivity contribution in [2.45, 2.75) is 56.9 Å². The molecule has 0 aromatic carbocycles. The zero-order valence-corrected chi connectivity index (χ0v) is 19.0. The topological polar surface area (TPSA) is 81.9 Å². The van der Waals surface area contributed by atoms with E-state index >= 15 is 0 Å². The Bertz CT molecular complexity index is 1090. The van der Waals surface area contributed by atoms with Crippen LogP contribution < -0.4 is 4.90 Å². The third-order valence-electron chi connectivity index (χ3n) is 6.45. The van der Waals surface area contributed by atoms with Crippen molar-refractivity contribution < 1.29 is 4.74 Å². The van der Waals surface area contributed by atoms with E-state index in [0.29, 0.717) is 30.7 Å². The Morgan fingerprint density at radius 3 is 2.55 bits per heavy atom. The number of nitrogens with zero attached hydrogens (tertiary/aromatic N) is 7. The quantitative estimate of drug-likeness (QED) is 0.574. The van der Waals surface area contributed by atoms with E-state index in [9.17, 15) is 0 Å². The minimum absolute atomic E-state index is 0.0530. The first kappa shape index (κ1) is 20.6. The summed E-state index contributed by atoms with van der Waals surface area (Å²) in [5.41, 5.74) is 5.44. The van der Waals surface area contributed by atoms with Crippen molar-refractivity contribution in [3.8, 4) is 0 Å². The first-order valence-electron chi connectivity index (χ1n) is 11.0. The lowest BCUT2D eigenvalue weighted by Gasteiger charge is -2.33. The van der Waals surface area contributed by atoms with Crippen LogP contribution in [0.25, 0.3) is 11.2 Å². The summed E-state index contributed by atoms with van der Waals surface area (Å²) in [7, 11) is 1.92. The maximum Gasteiger partial charge on any atom is 0.227 e. The van der Waals surface area contributed by atoms with Gasteiger partial charge in [0.05, 0.1) is 36.4 Å². The molecule has 3 aromatic heterocycles. The fourth-order valence-corrected chi connectivity index (χ4v) is 4.76. The lowest BCUT2D eigenvalue weighted by atomic mass is 9.86. The Labute approximate surface area is 187 Å². The number of aryl methyl sites for hydroxylation is 3. The van der Waals surface area contributed by atoms with E-state index in [-0.39, 0.29) is 11.5 Å². The Balaban J connectivity index is 1.53. The molecule has 4 heterocycles. The largest absolute Gasteiger partial charge is 0.370 e. The molecule has 2 fully saturated rings. The minimum atomic E-state index is -0.0530. The van der Waals surface area contributed by atoms with Gasteiger partial charge < -0.3 is 9.64 Å². The number of hydrogen-bond acceptors (Lipinski definition) is 7. The van der Waals surface area contributed by atoms with E-state index in [1.165, 1.54) is 0 Å². The van der Waals surface area contributed by atoms with Gasteiger partial charge in [0.1, 0.15) is 11.6 Å². The maximum absolute atomic E-state index is 6.37. The molecule has 5 rings (SSSR count). The van der Waals surface area contributed by atoms with E-state index in [1.54, 1.807) is 4.68 Å². The molecule has 1 atom stereocenters. The summed E-state index contributed by atoms with van der Waals surface area (Å²) in [4.78, 5) is 21.7. The van der Waals surface area contributed by atoms with Crippen LogP contribution >= 0.6 is 11.6 Å². The number of alkyl halides is 1. The highest BCUT2D eigenvalue weighted by molar-refractivity contribution is 6.20. The molecule has 0 N–H and O–H groups in total. The van der Waals surface area contributed by atoms with Crippen LogP contribution in [-0.4, -0.2) is 54.8 Å². The van der Waals surface area contributed by atoms with Crippen LogP contribution in [-0.2, 0) is 11.8 Å². The highest BCUT2D eigenvalue weighted by atomic mass is 35.5. The molecule has 1 aliphatic heterocycles. The zero-order chi connectivity index (χ0) is 21.5. The highest BCUT2D eigenvalue weighted by Gasteiger charge is 2.29. The van der Waals surface area contributed by atoms with Gasteiger partial charge in [0.15, 0.2) is 5.65 Å². The Kier molecular flexibility index (Phi) is 5.52. The van der Waals surface area contributed by atoms with E-state index in [1.807, 2.05) is 33.3 Å². The number of halogens is 1. The third-order valence-corrected chi connectivity index (χ3v) is 6.88. The number of ether oxygens (including phenoxy) is 1. The summed E-state index contributed by atoms with van der Waals surface area (Å²) >= 11 is 6.37. The van der Waals surface area contributed by atoms with Gasteiger partial charge in [-0.25, -0.2) is 15.0 Å². The molecule has 2 aliphatic rings. The number of rotatable bonds is 3. The average molecular weight is 442 g/mol. The SMILES string of the molecule is Cc1nc2nc(N3CCO[C@H](c4cnn(C)c4)C3)nc([C@H]3CC[C@@H](Cl)CC3)c2nc1C. The predicted octanol–water partition coefficient (Wildman–Crippen LogP) is 3.61. The van der Waals surface area contributed by atoms with Gasteiger partial charge in [-0.15, -0.1) is 11.6 Å². The van der Waals surface area contributed by atoms with E-state index in [2.05, 4.69) is 10.00 Å². The van der Waals surface area contributed by atoms with Crippen LogP contribution in [0.15, 0.2) is 12.4 Å². The summed E-state index contributed by atoms with van der Waals surface area (Å²) in [6.07, 6.45) is 7.87. The molecule has 8 nitrogen and oxygen atoms in total. The van der Waals surface area contributed by atoms with Gasteiger partial charge in [0.25, 0.3) is 0 Å². The smallest absolute Gasteiger partial charge is 0.227 e. The number of aromatic nitrogens is 6. The second-order valence-corrected chi connectivity index (χ2v) is 9.29. The molecule has 0 bridgehead atoms. The van der Waals surface area contributed by atoms with Crippen LogP contribution in [0.2, 0.25) is 0 Å². The molecule has 1 aliphatic carbocycles. The summed E-state index contributed by atoms with van der Waals surface area (Å²) in [6.45, 7) is 6.02. The molecule has 0 radical (unpaired) electrons. The van der Waals surface area contributed by atoms with Crippen LogP contribution in [0.1, 0.15) is 60.4 Å². The van der Waals surface area contributed by atoms with Gasteiger partial charge in [0, 0.05) is 36.6 Å². The lowest BCUT2D eigenvalue weighted by molar-refractivity contribution is 0.0392. The third kappa shape index (κ3) is 4.11. The van der Waals surface area contributed by atoms with Crippen molar-refractivity contribution in [2.75, 3.05) is 24.6 Å². The first-order chi connectivity index (χ1) is 15.0. The van der Waals surface area contributed by atoms with Crippen molar-refractivity contribution in [3.05, 3.63) is 35.0 Å². The van der Waals surface area contributed by atoms with Gasteiger partial charge in [-0.3, -0.25) is 4.68 Å². The minimum Gasteiger partial charge on any atom is -0.370 e. The van der Waals surface area contributed by atoms with Crippen LogP contribution in [0, 0.1) is 13.8 Å². The van der Waals surface area contributed by atoms with Crippen LogP contribution in [0.3, 0.4) is 0 Å². The van der Waals surface area contributed by atoms with Crippen molar-refractivity contribution in [1.29, 1.82) is 0 Å². The maximum atomic E-state index is 6.37. The van der Waals surface area contributed by atoms with Crippen molar-refractivity contribution >= 4 is 28.7 Å². The molecule has 31 heavy (non-hydrogen) atoms. The van der Waals surface area contributed by atoms with E-state index < -0.39 is 0 Å². The fraction of sp³-hybridized carbons (Fsp3) is 0.591. The number of hydrogen-bond donors (Lipinski definition) is 0. The highest BCUT2D eigenvalue weighted by Crippen LogP contribution is 2.37. The first-order valence-corrected chi connectivity index (χ1v) is 11.4. The predicted molar refractivity (Wildman–Crippen MR) is 120 cm³/mol. The lowest BCUT2D eigenvalue weighted by Crippen LogP contribution is -2.39. The van der Waals surface area contributed by atoms with Gasteiger partial charge in [-0.2, -0.15) is 10.1 Å². The Hall–Kier alpha value is -2.32. The Morgan fingerprint density at radius 1 is 1.03 bits per heavy atom. The molecule has 1 saturated carbocycles. The molecule has 0 spiro atoms. The molecular weight excluding hydrogens is 414 g/mol. The molecule has 9 heteroatoms. The van der Waals surface area contributed by atoms with Gasteiger partial charge in [-0.05, 0) is 39.5 Å². The van der Waals surface area contributed by atoms with Gasteiger partial charge >= 0.3 is 0 Å². The summed E-state index contributed by atoms with van der Waals surface area (Å²) in [6, 6.07) is 0. The molecule has 1 saturated heterocycles. The molecule has 164 valence electrons. The number of morpholine rings is 1.